The van der Waals surface area contributed by atoms with Crippen LogP contribution in [0.15, 0.2) is 12.1 Å². The summed E-state index contributed by atoms with van der Waals surface area (Å²) in [6.07, 6.45) is -4.61. The maximum atomic E-state index is 13.0. The molecule has 1 amide bonds. The summed E-state index contributed by atoms with van der Waals surface area (Å²) in [6, 6.07) is 3.16. The van der Waals surface area contributed by atoms with Crippen LogP contribution in [0.1, 0.15) is 19.7 Å². The van der Waals surface area contributed by atoms with Crippen molar-refractivity contribution < 1.29 is 18.0 Å². The van der Waals surface area contributed by atoms with Gasteiger partial charge in [0.05, 0.1) is 0 Å². The zero-order chi connectivity index (χ0) is 18.6. The largest absolute Gasteiger partial charge is 0.453 e. The topological polar surface area (TPSA) is 66.6 Å². The number of nitrogens with zero attached hydrogens (tertiary/aromatic N) is 6. The number of halogens is 3. The van der Waals surface area contributed by atoms with Crippen LogP contribution in [-0.4, -0.2) is 56.8 Å². The minimum atomic E-state index is -4.61. The standard InChI is InChI=1S/C16H19F3N6O/c1-9(2)14(26)24-7-10-5-23(6-11(10)8-24)13-4-3-12-20-21-15(16(17,18)19)25(12)22-13/h3-4,9-11H,5-8H2,1-2H3. The van der Waals surface area contributed by atoms with Crippen molar-refractivity contribution in [3.05, 3.63) is 18.0 Å². The molecule has 2 aliphatic heterocycles. The van der Waals surface area contributed by atoms with Gasteiger partial charge in [-0.15, -0.1) is 15.3 Å². The van der Waals surface area contributed by atoms with E-state index in [4.69, 9.17) is 0 Å². The second-order valence-electron chi connectivity index (χ2n) is 7.31. The van der Waals surface area contributed by atoms with Gasteiger partial charge >= 0.3 is 6.18 Å². The molecule has 10 heteroatoms. The molecule has 4 heterocycles. The van der Waals surface area contributed by atoms with E-state index in [0.717, 1.165) is 4.52 Å². The van der Waals surface area contributed by atoms with Gasteiger partial charge in [-0.1, -0.05) is 13.8 Å². The van der Waals surface area contributed by atoms with E-state index in [2.05, 4.69) is 15.3 Å². The Hall–Kier alpha value is -2.39. The first-order chi connectivity index (χ1) is 12.2. The summed E-state index contributed by atoms with van der Waals surface area (Å²) in [5, 5.41) is 10.8. The Bertz CT molecular complexity index is 834. The predicted molar refractivity (Wildman–Crippen MR) is 86.4 cm³/mol. The molecular weight excluding hydrogens is 349 g/mol. The fourth-order valence-corrected chi connectivity index (χ4v) is 3.85. The van der Waals surface area contributed by atoms with Crippen LogP contribution in [0.2, 0.25) is 0 Å². The van der Waals surface area contributed by atoms with Crippen molar-refractivity contribution in [1.29, 1.82) is 0 Å². The third-order valence-electron chi connectivity index (χ3n) is 5.12. The predicted octanol–water partition coefficient (Wildman–Crippen LogP) is 1.69. The number of hydrogen-bond donors (Lipinski definition) is 0. The first-order valence-electron chi connectivity index (χ1n) is 8.57. The SMILES string of the molecule is CC(C)C(=O)N1CC2CN(c3ccc4nnc(C(F)(F)F)n4n3)CC2C1. The van der Waals surface area contributed by atoms with Crippen molar-refractivity contribution in [2.45, 2.75) is 20.0 Å². The number of fused-ring (bicyclic) bond motifs is 2. The Labute approximate surface area is 147 Å². The molecule has 2 atom stereocenters. The third kappa shape index (κ3) is 2.77. The molecule has 2 fully saturated rings. The highest BCUT2D eigenvalue weighted by Gasteiger charge is 2.43. The van der Waals surface area contributed by atoms with Gasteiger partial charge < -0.3 is 9.80 Å². The number of amides is 1. The first-order valence-corrected chi connectivity index (χ1v) is 8.57. The maximum absolute atomic E-state index is 13.0. The maximum Gasteiger partial charge on any atom is 0.453 e. The van der Waals surface area contributed by atoms with Gasteiger partial charge in [-0.3, -0.25) is 4.79 Å². The summed E-state index contributed by atoms with van der Waals surface area (Å²) in [6.45, 7) is 6.52. The molecule has 4 rings (SSSR count). The molecular formula is C16H19F3N6O. The Morgan fingerprint density at radius 1 is 1.12 bits per heavy atom. The van der Waals surface area contributed by atoms with E-state index in [1.54, 1.807) is 6.07 Å². The summed E-state index contributed by atoms with van der Waals surface area (Å²) in [5.41, 5.74) is 0.0640. The van der Waals surface area contributed by atoms with Crippen LogP contribution >= 0.6 is 0 Å². The van der Waals surface area contributed by atoms with Crippen LogP contribution in [0, 0.1) is 17.8 Å². The summed E-state index contributed by atoms with van der Waals surface area (Å²) < 4.78 is 39.8. The molecule has 7 nitrogen and oxygen atoms in total. The third-order valence-corrected chi connectivity index (χ3v) is 5.12. The molecule has 0 bridgehead atoms. The highest BCUT2D eigenvalue weighted by atomic mass is 19.4. The van der Waals surface area contributed by atoms with Crippen LogP contribution < -0.4 is 4.90 Å². The van der Waals surface area contributed by atoms with Crippen LogP contribution in [0.3, 0.4) is 0 Å². The molecule has 0 aliphatic carbocycles. The quantitative estimate of drug-likeness (QED) is 0.807. The van der Waals surface area contributed by atoms with Gasteiger partial charge in [0.2, 0.25) is 5.91 Å². The molecule has 26 heavy (non-hydrogen) atoms. The molecule has 2 unspecified atom stereocenters. The van der Waals surface area contributed by atoms with E-state index in [0.29, 0.717) is 43.8 Å². The van der Waals surface area contributed by atoms with Crippen molar-refractivity contribution in [2.24, 2.45) is 17.8 Å². The minimum absolute atomic E-state index is 0.0245. The van der Waals surface area contributed by atoms with Crippen molar-refractivity contribution in [3.63, 3.8) is 0 Å². The van der Waals surface area contributed by atoms with Gasteiger partial charge in [0, 0.05) is 43.9 Å². The van der Waals surface area contributed by atoms with E-state index < -0.39 is 12.0 Å². The molecule has 0 radical (unpaired) electrons. The number of likely N-dealkylation sites (tertiary alicyclic amines) is 1. The van der Waals surface area contributed by atoms with Gasteiger partial charge in [-0.2, -0.15) is 17.7 Å². The number of alkyl halides is 3. The number of hydrogen-bond acceptors (Lipinski definition) is 5. The summed E-state index contributed by atoms with van der Waals surface area (Å²) >= 11 is 0. The number of carbonyl (C=O) groups is 1. The number of aromatic nitrogens is 4. The van der Waals surface area contributed by atoms with Crippen molar-refractivity contribution in [1.82, 2.24) is 24.7 Å². The van der Waals surface area contributed by atoms with Gasteiger partial charge in [0.15, 0.2) is 5.65 Å². The second kappa shape index (κ2) is 5.82. The molecule has 2 aliphatic rings. The highest BCUT2D eigenvalue weighted by Crippen LogP contribution is 2.34. The van der Waals surface area contributed by atoms with Crippen molar-refractivity contribution in [3.8, 4) is 0 Å². The average Bonchev–Trinajstić information content (AvgIpc) is 3.24. The number of carbonyl (C=O) groups excluding carboxylic acids is 1. The molecule has 140 valence electrons. The Kier molecular flexibility index (Phi) is 3.81. The zero-order valence-electron chi connectivity index (χ0n) is 14.4. The molecule has 0 spiro atoms. The Morgan fingerprint density at radius 3 is 2.35 bits per heavy atom. The van der Waals surface area contributed by atoms with E-state index in [9.17, 15) is 18.0 Å². The van der Waals surface area contributed by atoms with Gasteiger partial charge in [-0.05, 0) is 12.1 Å². The van der Waals surface area contributed by atoms with Gasteiger partial charge in [0.1, 0.15) is 5.82 Å². The summed E-state index contributed by atoms with van der Waals surface area (Å²) in [7, 11) is 0. The highest BCUT2D eigenvalue weighted by molar-refractivity contribution is 5.78. The Morgan fingerprint density at radius 2 is 1.77 bits per heavy atom. The molecule has 0 saturated carbocycles. The number of anilines is 1. The normalized spacial score (nSPS) is 23.3. The van der Waals surface area contributed by atoms with Crippen molar-refractivity contribution in [2.75, 3.05) is 31.1 Å². The molecule has 2 aromatic rings. The van der Waals surface area contributed by atoms with Crippen LogP contribution in [0.25, 0.3) is 5.65 Å². The minimum Gasteiger partial charge on any atom is -0.354 e. The zero-order valence-corrected chi connectivity index (χ0v) is 14.4. The van der Waals surface area contributed by atoms with Crippen LogP contribution in [0.5, 0.6) is 0 Å². The van der Waals surface area contributed by atoms with E-state index >= 15 is 0 Å². The first kappa shape index (κ1) is 17.0. The average molecular weight is 368 g/mol. The molecule has 2 saturated heterocycles. The monoisotopic (exact) mass is 368 g/mol. The fraction of sp³-hybridized carbons (Fsp3) is 0.625. The van der Waals surface area contributed by atoms with Gasteiger partial charge in [0.25, 0.3) is 5.82 Å². The molecule has 0 aromatic carbocycles. The Balaban J connectivity index is 1.53. The lowest BCUT2D eigenvalue weighted by molar-refractivity contribution is -0.146. The number of rotatable bonds is 2. The van der Waals surface area contributed by atoms with E-state index in [1.807, 2.05) is 23.6 Å². The summed E-state index contributed by atoms with van der Waals surface area (Å²) in [4.78, 5) is 16.0. The van der Waals surface area contributed by atoms with E-state index in [1.165, 1.54) is 6.07 Å². The van der Waals surface area contributed by atoms with Gasteiger partial charge in [-0.25, -0.2) is 0 Å². The van der Waals surface area contributed by atoms with Crippen LogP contribution in [0.4, 0.5) is 19.0 Å². The fourth-order valence-electron chi connectivity index (χ4n) is 3.85. The van der Waals surface area contributed by atoms with E-state index in [-0.39, 0.29) is 17.5 Å². The lowest BCUT2D eigenvalue weighted by Gasteiger charge is -2.23. The van der Waals surface area contributed by atoms with Crippen LogP contribution in [-0.2, 0) is 11.0 Å². The molecule has 2 aromatic heterocycles. The lowest BCUT2D eigenvalue weighted by Crippen LogP contribution is -2.35. The molecule has 0 N–H and O–H groups in total. The lowest BCUT2D eigenvalue weighted by atomic mass is 10.0. The smallest absolute Gasteiger partial charge is 0.354 e. The summed E-state index contributed by atoms with van der Waals surface area (Å²) in [5.74, 6) is 0.117. The van der Waals surface area contributed by atoms with Crippen molar-refractivity contribution >= 4 is 17.4 Å². The second-order valence-corrected chi connectivity index (χ2v) is 7.31.